The lowest BCUT2D eigenvalue weighted by atomic mass is 10.1. The van der Waals surface area contributed by atoms with Gasteiger partial charge in [-0.25, -0.2) is 0 Å². The van der Waals surface area contributed by atoms with Gasteiger partial charge in [0.25, 0.3) is 0 Å². The molecule has 0 bridgehead atoms. The first-order valence-electron chi connectivity index (χ1n) is 7.09. The molecule has 0 aliphatic rings. The fraction of sp³-hybridized carbons (Fsp3) is 0.769. The van der Waals surface area contributed by atoms with Crippen LogP contribution in [0.3, 0.4) is 0 Å². The van der Waals surface area contributed by atoms with E-state index in [1.165, 1.54) is 4.90 Å². The molecular weight excluding hydrogens is 470 g/mol. The maximum Gasteiger partial charge on any atom is 0.317 e. The Kier molecular flexibility index (Phi) is 21.0. The number of carboxylic acids is 1. The van der Waals surface area contributed by atoms with Crippen molar-refractivity contribution in [1.29, 1.82) is 0 Å². The average Bonchev–Trinajstić information content (AvgIpc) is 2.47. The van der Waals surface area contributed by atoms with Gasteiger partial charge in [-0.3, -0.25) is 14.5 Å². The van der Waals surface area contributed by atoms with Crippen LogP contribution in [-0.2, 0) is 9.59 Å². The van der Waals surface area contributed by atoms with Crippen molar-refractivity contribution in [2.24, 2.45) is 5.73 Å². The van der Waals surface area contributed by atoms with Crippen LogP contribution in [-0.4, -0.2) is 82.4 Å². The number of hydrogen-bond acceptors (Lipinski definition) is 7. The number of aliphatic hydroxyl groups excluding tert-OH is 2. The van der Waals surface area contributed by atoms with Crippen molar-refractivity contribution in [2.75, 3.05) is 32.8 Å². The molecule has 0 radical (unpaired) electrons. The largest absolute Gasteiger partial charge is 0.480 e. The number of hydrogen-bond donors (Lipinski definition) is 5. The molecule has 0 spiro atoms. The zero-order chi connectivity index (χ0) is 17.0. The summed E-state index contributed by atoms with van der Waals surface area (Å²) in [5.41, 5.74) is 5.55. The SMILES string of the molecule is Br.Br.NCCC(CCC=S)N(CC(=O)O)CC(=O)NCC(O)CO. The number of rotatable bonds is 13. The van der Waals surface area contributed by atoms with Crippen molar-refractivity contribution in [1.82, 2.24) is 10.2 Å². The number of halogens is 2. The van der Waals surface area contributed by atoms with Crippen molar-refractivity contribution in [3.63, 3.8) is 0 Å². The number of carbonyl (C=O) groups excluding carboxylic acids is 1. The van der Waals surface area contributed by atoms with Gasteiger partial charge in [0.1, 0.15) is 0 Å². The summed E-state index contributed by atoms with van der Waals surface area (Å²) in [6.45, 7) is -0.561. The molecule has 6 N–H and O–H groups in total. The molecule has 0 aromatic rings. The quantitative estimate of drug-likeness (QED) is 0.215. The van der Waals surface area contributed by atoms with Gasteiger partial charge in [0.2, 0.25) is 5.91 Å². The third kappa shape index (κ3) is 14.2. The van der Waals surface area contributed by atoms with Crippen molar-refractivity contribution >= 4 is 63.4 Å². The lowest BCUT2D eigenvalue weighted by molar-refractivity contribution is -0.139. The smallest absolute Gasteiger partial charge is 0.317 e. The van der Waals surface area contributed by atoms with E-state index in [4.69, 9.17) is 28.2 Å². The molecule has 144 valence electrons. The van der Waals surface area contributed by atoms with E-state index in [0.717, 1.165) is 0 Å². The van der Waals surface area contributed by atoms with E-state index in [0.29, 0.717) is 25.8 Å². The van der Waals surface area contributed by atoms with Gasteiger partial charge in [-0.1, -0.05) is 12.2 Å². The number of amides is 1. The minimum Gasteiger partial charge on any atom is -0.480 e. The second kappa shape index (κ2) is 17.6. The molecule has 0 aromatic carbocycles. The van der Waals surface area contributed by atoms with Gasteiger partial charge in [0.05, 0.1) is 25.8 Å². The molecule has 0 aliphatic heterocycles. The third-order valence-corrected chi connectivity index (χ3v) is 3.30. The highest BCUT2D eigenvalue weighted by molar-refractivity contribution is 8.93. The standard InChI is InChI=1S/C13H25N3O5S.2BrH/c14-4-3-10(2-1-5-22)16(8-13(20)21)7-12(19)15-6-11(18)9-17;;/h5,10-11,17-18H,1-4,6-9,14H2,(H,15,19)(H,20,21);2*1H. The Morgan fingerprint density at radius 3 is 2.33 bits per heavy atom. The van der Waals surface area contributed by atoms with E-state index in [1.54, 1.807) is 5.37 Å². The van der Waals surface area contributed by atoms with E-state index < -0.39 is 24.6 Å². The number of nitrogens with two attached hydrogens (primary N) is 1. The zero-order valence-corrected chi connectivity index (χ0v) is 17.5. The van der Waals surface area contributed by atoms with Crippen LogP contribution in [0.1, 0.15) is 19.3 Å². The van der Waals surface area contributed by atoms with Gasteiger partial charge >= 0.3 is 5.97 Å². The number of carbonyl (C=O) groups is 2. The van der Waals surface area contributed by atoms with Gasteiger partial charge in [-0.15, -0.1) is 34.0 Å². The maximum absolute atomic E-state index is 11.8. The topological polar surface area (TPSA) is 136 Å². The minimum atomic E-state index is -1.04. The highest BCUT2D eigenvalue weighted by atomic mass is 79.9. The van der Waals surface area contributed by atoms with Crippen LogP contribution >= 0.6 is 46.2 Å². The molecule has 0 aromatic heterocycles. The van der Waals surface area contributed by atoms with Crippen molar-refractivity contribution in [3.8, 4) is 0 Å². The van der Waals surface area contributed by atoms with Crippen molar-refractivity contribution < 1.29 is 24.9 Å². The molecular formula is C13H27Br2N3O5S. The second-order valence-corrected chi connectivity index (χ2v) is 5.25. The van der Waals surface area contributed by atoms with Crippen LogP contribution in [0.5, 0.6) is 0 Å². The highest BCUT2D eigenvalue weighted by Crippen LogP contribution is 2.10. The highest BCUT2D eigenvalue weighted by Gasteiger charge is 2.22. The summed E-state index contributed by atoms with van der Waals surface area (Å²) in [7, 11) is 0. The summed E-state index contributed by atoms with van der Waals surface area (Å²) in [5.74, 6) is -1.45. The number of nitrogens with zero attached hydrogens (tertiary/aromatic N) is 1. The number of aliphatic carboxylic acids is 1. The molecule has 2 atom stereocenters. The first kappa shape index (κ1) is 28.6. The average molecular weight is 497 g/mol. The molecule has 0 saturated carbocycles. The predicted molar refractivity (Wildman–Crippen MR) is 106 cm³/mol. The summed E-state index contributed by atoms with van der Waals surface area (Å²) in [4.78, 5) is 24.4. The fourth-order valence-electron chi connectivity index (χ4n) is 1.99. The Balaban J connectivity index is -0.00000220. The molecule has 0 aliphatic carbocycles. The Morgan fingerprint density at radius 2 is 1.88 bits per heavy atom. The Bertz CT molecular complexity index is 366. The van der Waals surface area contributed by atoms with Crippen LogP contribution in [0, 0.1) is 0 Å². The lowest BCUT2D eigenvalue weighted by Gasteiger charge is -2.29. The molecule has 0 rings (SSSR count). The number of carboxylic acid groups (broad SMARTS) is 1. The molecule has 1 amide bonds. The summed E-state index contributed by atoms with van der Waals surface area (Å²) in [6, 6.07) is -0.159. The number of thiocarbonyl (C=S) groups is 1. The second-order valence-electron chi connectivity index (χ2n) is 4.91. The van der Waals surface area contributed by atoms with Crippen LogP contribution in [0.2, 0.25) is 0 Å². The minimum absolute atomic E-state index is 0. The normalized spacial score (nSPS) is 12.5. The van der Waals surface area contributed by atoms with Gasteiger partial charge < -0.3 is 26.4 Å². The van der Waals surface area contributed by atoms with E-state index in [1.807, 2.05) is 0 Å². The van der Waals surface area contributed by atoms with E-state index in [2.05, 4.69) is 5.32 Å². The van der Waals surface area contributed by atoms with E-state index in [-0.39, 0.29) is 59.6 Å². The van der Waals surface area contributed by atoms with Crippen LogP contribution < -0.4 is 11.1 Å². The first-order valence-corrected chi connectivity index (χ1v) is 7.56. The summed E-state index contributed by atoms with van der Waals surface area (Å²) in [5, 5.41) is 30.9. The molecule has 0 fully saturated rings. The molecule has 0 heterocycles. The van der Waals surface area contributed by atoms with Crippen LogP contribution in [0.4, 0.5) is 0 Å². The van der Waals surface area contributed by atoms with Crippen LogP contribution in [0.25, 0.3) is 0 Å². The van der Waals surface area contributed by atoms with Gasteiger partial charge in [-0.05, 0) is 31.2 Å². The maximum atomic E-state index is 11.8. The summed E-state index contributed by atoms with van der Waals surface area (Å²) in [6.07, 6.45) is 0.774. The molecule has 0 saturated heterocycles. The molecule has 11 heteroatoms. The van der Waals surface area contributed by atoms with Crippen molar-refractivity contribution in [3.05, 3.63) is 0 Å². The Hall–Kier alpha value is -0.170. The summed E-state index contributed by atoms with van der Waals surface area (Å²) >= 11 is 4.78. The van der Waals surface area contributed by atoms with Gasteiger partial charge in [0, 0.05) is 12.6 Å². The van der Waals surface area contributed by atoms with Gasteiger partial charge in [-0.2, -0.15) is 0 Å². The Labute approximate surface area is 168 Å². The first-order chi connectivity index (χ1) is 10.4. The molecule has 8 nitrogen and oxygen atoms in total. The predicted octanol–water partition coefficient (Wildman–Crippen LogP) is -0.504. The van der Waals surface area contributed by atoms with Gasteiger partial charge in [0.15, 0.2) is 0 Å². The van der Waals surface area contributed by atoms with E-state index in [9.17, 15) is 14.7 Å². The third-order valence-electron chi connectivity index (χ3n) is 3.06. The molecule has 24 heavy (non-hydrogen) atoms. The molecule has 2 unspecified atom stereocenters. The van der Waals surface area contributed by atoms with Crippen molar-refractivity contribution in [2.45, 2.75) is 31.4 Å². The lowest BCUT2D eigenvalue weighted by Crippen LogP contribution is -2.47. The Morgan fingerprint density at radius 1 is 1.25 bits per heavy atom. The monoisotopic (exact) mass is 495 g/mol. The zero-order valence-electron chi connectivity index (χ0n) is 13.3. The summed E-state index contributed by atoms with van der Waals surface area (Å²) < 4.78 is 0. The number of aliphatic hydroxyl groups is 2. The fourth-order valence-corrected chi connectivity index (χ4v) is 2.12. The van der Waals surface area contributed by atoms with Crippen LogP contribution in [0.15, 0.2) is 0 Å². The van der Waals surface area contributed by atoms with E-state index >= 15 is 0 Å². The number of nitrogens with one attached hydrogen (secondary N) is 1.